The minimum absolute atomic E-state index is 0.189. The molecule has 3 nitrogen and oxygen atoms in total. The van der Waals surface area contributed by atoms with E-state index in [0.717, 1.165) is 16.7 Å². The molecule has 3 rings (SSSR count). The van der Waals surface area contributed by atoms with Gasteiger partial charge in [0.2, 0.25) is 0 Å². The summed E-state index contributed by atoms with van der Waals surface area (Å²) < 4.78 is 19.4. The van der Waals surface area contributed by atoms with Gasteiger partial charge in [-0.25, -0.2) is 4.39 Å². The molecule has 0 unspecified atom stereocenters. The molecule has 4 heteroatoms. The number of hydrogen-bond donors (Lipinski definition) is 1. The average molecular weight is 282 g/mol. The van der Waals surface area contributed by atoms with Crippen molar-refractivity contribution in [2.24, 2.45) is 0 Å². The molecule has 0 spiro atoms. The first-order valence-corrected chi connectivity index (χ1v) is 6.65. The average Bonchev–Trinajstić information content (AvgIpc) is 2.80. The van der Waals surface area contributed by atoms with Crippen LogP contribution in [0.5, 0.6) is 0 Å². The zero-order valence-electron chi connectivity index (χ0n) is 11.9. The molecule has 0 saturated carbocycles. The van der Waals surface area contributed by atoms with Crippen LogP contribution < -0.4 is 5.73 Å². The second kappa shape index (κ2) is 5.05. The number of nitrogens with zero attached hydrogens (tertiary/aromatic N) is 1. The number of benzene rings is 2. The van der Waals surface area contributed by atoms with Crippen LogP contribution in [0, 0.1) is 19.7 Å². The number of nitrogen functional groups attached to an aromatic ring is 1. The number of nitrogens with two attached hydrogens (primary N) is 1. The van der Waals surface area contributed by atoms with Crippen LogP contribution in [0.1, 0.15) is 11.1 Å². The lowest BCUT2D eigenvalue weighted by molar-refractivity contribution is 0.436. The number of halogens is 1. The topological polar surface area (TPSA) is 52.0 Å². The lowest BCUT2D eigenvalue weighted by Gasteiger charge is -2.06. The molecule has 2 N–H and O–H groups in total. The van der Waals surface area contributed by atoms with E-state index in [1.165, 1.54) is 6.07 Å². The molecule has 0 amide bonds. The maximum atomic E-state index is 14.1. The highest BCUT2D eigenvalue weighted by Gasteiger charge is 2.20. The number of aromatic nitrogens is 1. The fourth-order valence-corrected chi connectivity index (χ4v) is 2.53. The second-order valence-electron chi connectivity index (χ2n) is 5.13. The first-order valence-electron chi connectivity index (χ1n) is 6.65. The van der Waals surface area contributed by atoms with Crippen molar-refractivity contribution in [3.05, 3.63) is 59.4 Å². The van der Waals surface area contributed by atoms with Crippen molar-refractivity contribution in [2.45, 2.75) is 13.8 Å². The van der Waals surface area contributed by atoms with Crippen LogP contribution >= 0.6 is 0 Å². The van der Waals surface area contributed by atoms with Gasteiger partial charge in [-0.15, -0.1) is 0 Å². The minimum Gasteiger partial charge on any atom is -0.380 e. The molecule has 3 aromatic rings. The maximum Gasteiger partial charge on any atom is 0.177 e. The molecule has 0 atom stereocenters. The summed E-state index contributed by atoms with van der Waals surface area (Å²) in [5.41, 5.74) is 9.81. The Morgan fingerprint density at radius 2 is 1.71 bits per heavy atom. The van der Waals surface area contributed by atoms with Gasteiger partial charge in [0.1, 0.15) is 5.82 Å². The summed E-state index contributed by atoms with van der Waals surface area (Å²) in [5, 5.41) is 3.81. The predicted octanol–water partition coefficient (Wildman–Crippen LogP) is 4.35. The van der Waals surface area contributed by atoms with Crippen LogP contribution in [-0.2, 0) is 0 Å². The van der Waals surface area contributed by atoms with Crippen molar-refractivity contribution >= 4 is 5.82 Å². The van der Waals surface area contributed by atoms with Crippen LogP contribution in [0.4, 0.5) is 10.2 Å². The van der Waals surface area contributed by atoms with E-state index < -0.39 is 0 Å². The predicted molar refractivity (Wildman–Crippen MR) is 81.2 cm³/mol. The maximum absolute atomic E-state index is 14.1. The van der Waals surface area contributed by atoms with Gasteiger partial charge in [-0.2, -0.15) is 0 Å². The monoisotopic (exact) mass is 282 g/mol. The minimum atomic E-state index is -0.349. The van der Waals surface area contributed by atoms with E-state index in [1.54, 1.807) is 18.2 Å². The summed E-state index contributed by atoms with van der Waals surface area (Å²) >= 11 is 0. The summed E-state index contributed by atoms with van der Waals surface area (Å²) in [4.78, 5) is 0. The smallest absolute Gasteiger partial charge is 0.177 e. The van der Waals surface area contributed by atoms with Crippen LogP contribution in [0.15, 0.2) is 47.0 Å². The Balaban J connectivity index is 2.24. The molecule has 0 aliphatic rings. The highest BCUT2D eigenvalue weighted by molar-refractivity contribution is 5.87. The Morgan fingerprint density at radius 1 is 1.05 bits per heavy atom. The fourth-order valence-electron chi connectivity index (χ4n) is 2.53. The van der Waals surface area contributed by atoms with Gasteiger partial charge in [0, 0.05) is 11.1 Å². The summed E-state index contributed by atoms with van der Waals surface area (Å²) in [6, 6.07) is 12.5. The molecule has 0 bridgehead atoms. The molecule has 0 aliphatic heterocycles. The van der Waals surface area contributed by atoms with Crippen molar-refractivity contribution in [1.29, 1.82) is 0 Å². The summed E-state index contributed by atoms with van der Waals surface area (Å²) in [5.74, 6) is 0.330. The summed E-state index contributed by atoms with van der Waals surface area (Å²) in [7, 11) is 0. The SMILES string of the molecule is Cc1cc(C)cc(-c2onc(N)c2-c2ccccc2F)c1. The van der Waals surface area contributed by atoms with Gasteiger partial charge in [0.05, 0.1) is 5.56 Å². The van der Waals surface area contributed by atoms with Crippen molar-refractivity contribution in [3.8, 4) is 22.5 Å². The number of rotatable bonds is 2. The third kappa shape index (κ3) is 2.40. The Morgan fingerprint density at radius 3 is 2.38 bits per heavy atom. The molecule has 0 radical (unpaired) electrons. The van der Waals surface area contributed by atoms with Gasteiger partial charge in [0.25, 0.3) is 0 Å². The molecule has 21 heavy (non-hydrogen) atoms. The zero-order valence-corrected chi connectivity index (χ0v) is 11.9. The molecular weight excluding hydrogens is 267 g/mol. The Hall–Kier alpha value is -2.62. The molecule has 0 aliphatic carbocycles. The van der Waals surface area contributed by atoms with Crippen LogP contribution in [-0.4, -0.2) is 5.16 Å². The second-order valence-corrected chi connectivity index (χ2v) is 5.13. The Kier molecular flexibility index (Phi) is 3.22. The molecule has 1 aromatic heterocycles. The van der Waals surface area contributed by atoms with Crippen LogP contribution in [0.3, 0.4) is 0 Å². The zero-order chi connectivity index (χ0) is 15.0. The van der Waals surface area contributed by atoms with Crippen molar-refractivity contribution in [3.63, 3.8) is 0 Å². The number of aryl methyl sites for hydroxylation is 2. The highest BCUT2D eigenvalue weighted by atomic mass is 19.1. The van der Waals surface area contributed by atoms with E-state index in [0.29, 0.717) is 16.9 Å². The van der Waals surface area contributed by atoms with Gasteiger partial charge in [-0.1, -0.05) is 40.5 Å². The first-order chi connectivity index (χ1) is 10.1. The molecule has 0 fully saturated rings. The Labute approximate surface area is 122 Å². The molecule has 1 heterocycles. The molecular formula is C17H15FN2O. The van der Waals surface area contributed by atoms with E-state index in [9.17, 15) is 4.39 Å². The van der Waals surface area contributed by atoms with Gasteiger partial charge in [-0.3, -0.25) is 0 Å². The van der Waals surface area contributed by atoms with Gasteiger partial charge in [-0.05, 0) is 32.0 Å². The molecule has 0 saturated heterocycles. The van der Waals surface area contributed by atoms with Gasteiger partial charge >= 0.3 is 0 Å². The summed E-state index contributed by atoms with van der Waals surface area (Å²) in [6.45, 7) is 4.00. The quantitative estimate of drug-likeness (QED) is 0.760. The normalized spacial score (nSPS) is 10.8. The van der Waals surface area contributed by atoms with E-state index in [-0.39, 0.29) is 11.6 Å². The van der Waals surface area contributed by atoms with E-state index in [1.807, 2.05) is 26.0 Å². The van der Waals surface area contributed by atoms with E-state index >= 15 is 0 Å². The van der Waals surface area contributed by atoms with Crippen molar-refractivity contribution < 1.29 is 8.91 Å². The van der Waals surface area contributed by atoms with E-state index in [4.69, 9.17) is 10.3 Å². The van der Waals surface area contributed by atoms with Crippen molar-refractivity contribution in [2.75, 3.05) is 5.73 Å². The van der Waals surface area contributed by atoms with Crippen LogP contribution in [0.25, 0.3) is 22.5 Å². The Bertz CT molecular complexity index is 788. The lowest BCUT2D eigenvalue weighted by Crippen LogP contribution is -1.92. The van der Waals surface area contributed by atoms with Gasteiger partial charge < -0.3 is 10.3 Å². The van der Waals surface area contributed by atoms with E-state index in [2.05, 4.69) is 11.2 Å². The van der Waals surface area contributed by atoms with Crippen LogP contribution in [0.2, 0.25) is 0 Å². The fraction of sp³-hybridized carbons (Fsp3) is 0.118. The number of anilines is 1. The highest BCUT2D eigenvalue weighted by Crippen LogP contribution is 2.38. The third-order valence-electron chi connectivity index (χ3n) is 3.35. The number of hydrogen-bond acceptors (Lipinski definition) is 3. The van der Waals surface area contributed by atoms with Gasteiger partial charge in [0.15, 0.2) is 11.6 Å². The molecule has 106 valence electrons. The first kappa shape index (κ1) is 13.4. The third-order valence-corrected chi connectivity index (χ3v) is 3.35. The lowest BCUT2D eigenvalue weighted by atomic mass is 9.98. The summed E-state index contributed by atoms with van der Waals surface area (Å²) in [6.07, 6.45) is 0. The van der Waals surface area contributed by atoms with Crippen molar-refractivity contribution in [1.82, 2.24) is 5.16 Å². The standard InChI is InChI=1S/C17H15FN2O/c1-10-7-11(2)9-12(8-10)16-15(17(19)20-21-16)13-5-3-4-6-14(13)18/h3-9H,1-2H3,(H2,19,20). The largest absolute Gasteiger partial charge is 0.380 e. The molecule has 2 aromatic carbocycles.